The third kappa shape index (κ3) is 7.57. The molecule has 1 fully saturated rings. The van der Waals surface area contributed by atoms with Crippen LogP contribution in [0.1, 0.15) is 56.6 Å². The zero-order valence-corrected chi connectivity index (χ0v) is 19.8. The van der Waals surface area contributed by atoms with Crippen molar-refractivity contribution >= 4 is 23.0 Å². The van der Waals surface area contributed by atoms with Gasteiger partial charge in [0.2, 0.25) is 6.17 Å². The lowest BCUT2D eigenvalue weighted by molar-refractivity contribution is -0.137. The molecule has 1 heterocycles. The van der Waals surface area contributed by atoms with E-state index in [1.54, 1.807) is 12.1 Å². The summed E-state index contributed by atoms with van der Waals surface area (Å²) >= 11 is 0. The van der Waals surface area contributed by atoms with Crippen LogP contribution in [0.2, 0.25) is 0 Å². The topological polar surface area (TPSA) is 44.4 Å². The van der Waals surface area contributed by atoms with Crippen LogP contribution in [0.3, 0.4) is 0 Å². The number of carbonyl (C=O) groups excluding carboxylic acids is 1. The van der Waals surface area contributed by atoms with Gasteiger partial charge in [-0.05, 0) is 55.2 Å². The second kappa shape index (κ2) is 12.2. The van der Waals surface area contributed by atoms with E-state index in [0.717, 1.165) is 50.9 Å². The van der Waals surface area contributed by atoms with Crippen molar-refractivity contribution in [2.45, 2.75) is 70.5 Å². The third-order valence-corrected chi connectivity index (χ3v) is 6.13. The van der Waals surface area contributed by atoms with Gasteiger partial charge in [-0.25, -0.2) is 8.78 Å². The third-order valence-electron chi connectivity index (χ3n) is 6.13. The van der Waals surface area contributed by atoms with Crippen LogP contribution in [0.25, 0.3) is 0 Å². The van der Waals surface area contributed by atoms with E-state index < -0.39 is 30.0 Å². The van der Waals surface area contributed by atoms with Gasteiger partial charge in [0, 0.05) is 25.3 Å². The molecule has 4 nitrogen and oxygen atoms in total. The summed E-state index contributed by atoms with van der Waals surface area (Å²) in [7, 11) is 0. The molecule has 1 saturated heterocycles. The minimum atomic E-state index is -4.38. The van der Waals surface area contributed by atoms with Crippen molar-refractivity contribution in [3.8, 4) is 0 Å². The molecule has 1 aliphatic heterocycles. The van der Waals surface area contributed by atoms with Gasteiger partial charge >= 0.3 is 6.18 Å². The maximum Gasteiger partial charge on any atom is 0.416 e. The molecule has 1 aliphatic rings. The molecule has 0 saturated carbocycles. The molecule has 2 aromatic carbocycles. The van der Waals surface area contributed by atoms with Crippen molar-refractivity contribution in [1.82, 2.24) is 0 Å². The van der Waals surface area contributed by atoms with Gasteiger partial charge in [-0.1, -0.05) is 38.3 Å². The van der Waals surface area contributed by atoms with Crippen molar-refractivity contribution in [1.29, 1.82) is 0 Å². The van der Waals surface area contributed by atoms with Gasteiger partial charge in [0.1, 0.15) is 6.17 Å². The van der Waals surface area contributed by atoms with E-state index in [4.69, 9.17) is 0 Å². The van der Waals surface area contributed by atoms with Crippen molar-refractivity contribution in [2.24, 2.45) is 0 Å². The zero-order valence-electron chi connectivity index (χ0n) is 19.8. The molecule has 3 rings (SSSR count). The second-order valence-corrected chi connectivity index (χ2v) is 8.88. The number of alkyl halides is 5. The normalized spacial score (nSPS) is 15.7. The molecule has 35 heavy (non-hydrogen) atoms. The molecule has 9 heteroatoms. The Hall–Kier alpha value is -2.84. The van der Waals surface area contributed by atoms with Gasteiger partial charge < -0.3 is 15.5 Å². The first-order valence-electron chi connectivity index (χ1n) is 12.1. The summed E-state index contributed by atoms with van der Waals surface area (Å²) < 4.78 is 66.9. The lowest BCUT2D eigenvalue weighted by atomic mass is 10.1. The minimum Gasteiger partial charge on any atom is -0.381 e. The summed E-state index contributed by atoms with van der Waals surface area (Å²) in [6.45, 7) is 3.81. The minimum absolute atomic E-state index is 0.00815. The molecule has 0 aromatic heterocycles. The second-order valence-electron chi connectivity index (χ2n) is 8.88. The monoisotopic (exact) mass is 497 g/mol. The Labute approximate surface area is 202 Å². The maximum atomic E-state index is 14.4. The van der Waals surface area contributed by atoms with Crippen molar-refractivity contribution < 1.29 is 26.7 Å². The smallest absolute Gasteiger partial charge is 0.381 e. The Kier molecular flexibility index (Phi) is 9.34. The summed E-state index contributed by atoms with van der Waals surface area (Å²) in [5.41, 5.74) is 1.77. The summed E-state index contributed by atoms with van der Waals surface area (Å²) in [5, 5.41) is 5.73. The summed E-state index contributed by atoms with van der Waals surface area (Å²) in [4.78, 5) is 14.5. The average molecular weight is 498 g/mol. The van der Waals surface area contributed by atoms with Crippen molar-refractivity contribution in [3.05, 3.63) is 53.6 Å². The molecule has 0 unspecified atom stereocenters. The summed E-state index contributed by atoms with van der Waals surface area (Å²) in [6.07, 6.45) is -4.30. The molecule has 0 aliphatic carbocycles. The largest absolute Gasteiger partial charge is 0.416 e. The van der Waals surface area contributed by atoms with Crippen LogP contribution in [-0.4, -0.2) is 31.3 Å². The Morgan fingerprint density at radius 3 is 2.34 bits per heavy atom. The number of hydrogen-bond acceptors (Lipinski definition) is 3. The predicted octanol–water partition coefficient (Wildman–Crippen LogP) is 7.11. The van der Waals surface area contributed by atoms with E-state index >= 15 is 0 Å². The number of nitrogens with zero attached hydrogens (tertiary/aromatic N) is 1. The highest BCUT2D eigenvalue weighted by Crippen LogP contribution is 2.33. The molecule has 1 amide bonds. The molecular weight excluding hydrogens is 465 g/mol. The van der Waals surface area contributed by atoms with Crippen molar-refractivity contribution in [2.75, 3.05) is 28.6 Å². The van der Waals surface area contributed by atoms with E-state index in [1.165, 1.54) is 12.1 Å². The van der Waals surface area contributed by atoms with E-state index in [2.05, 4.69) is 15.5 Å². The first-order valence-corrected chi connectivity index (χ1v) is 12.1. The van der Waals surface area contributed by atoms with Gasteiger partial charge in [0.25, 0.3) is 5.91 Å². The number of carbonyl (C=O) groups is 1. The van der Waals surface area contributed by atoms with Gasteiger partial charge in [0.15, 0.2) is 0 Å². The lowest BCUT2D eigenvalue weighted by Crippen LogP contribution is -2.33. The highest BCUT2D eigenvalue weighted by molar-refractivity contribution is 5.98. The fourth-order valence-electron chi connectivity index (χ4n) is 4.08. The first-order chi connectivity index (χ1) is 16.7. The molecule has 2 atom stereocenters. The molecule has 2 aromatic rings. The standard InChI is InChI=1S/C26H32F5N3O/c1-2-3-4-7-21(27)24(28)25(35)33-22-13-12-20(16-23(22)34-14-5-6-15-34)32-17-18-8-10-19(11-9-18)26(29,30)31/h8-13,16,21,24,32H,2-7,14-15,17H2,1H3,(H,33,35)/t21-,24+/m0/s1. The van der Waals surface area contributed by atoms with Crippen LogP contribution < -0.4 is 15.5 Å². The van der Waals surface area contributed by atoms with Gasteiger partial charge in [0.05, 0.1) is 16.9 Å². The van der Waals surface area contributed by atoms with Crippen molar-refractivity contribution in [3.63, 3.8) is 0 Å². The molecule has 192 valence electrons. The fourth-order valence-corrected chi connectivity index (χ4v) is 4.08. The van der Waals surface area contributed by atoms with Crippen LogP contribution in [0.15, 0.2) is 42.5 Å². The van der Waals surface area contributed by atoms with E-state index in [1.807, 2.05) is 13.0 Å². The Balaban J connectivity index is 1.68. The van der Waals surface area contributed by atoms with Crippen LogP contribution in [0.4, 0.5) is 39.0 Å². The fraction of sp³-hybridized carbons (Fsp3) is 0.500. The lowest BCUT2D eigenvalue weighted by Gasteiger charge is -2.24. The number of anilines is 3. The van der Waals surface area contributed by atoms with E-state index in [9.17, 15) is 26.7 Å². The number of unbranched alkanes of at least 4 members (excludes halogenated alkanes) is 2. The Morgan fingerprint density at radius 1 is 1.03 bits per heavy atom. The maximum absolute atomic E-state index is 14.4. The van der Waals surface area contributed by atoms with Crippen LogP contribution in [0.5, 0.6) is 0 Å². The molecule has 0 radical (unpaired) electrons. The average Bonchev–Trinajstić information content (AvgIpc) is 3.37. The van der Waals surface area contributed by atoms with Crippen LogP contribution in [-0.2, 0) is 17.5 Å². The number of rotatable bonds is 11. The highest BCUT2D eigenvalue weighted by Gasteiger charge is 2.30. The SMILES string of the molecule is CCCCC[C@H](F)[C@@H](F)C(=O)Nc1ccc(NCc2ccc(C(F)(F)F)cc2)cc1N1CCCC1. The highest BCUT2D eigenvalue weighted by atomic mass is 19.4. The summed E-state index contributed by atoms with van der Waals surface area (Å²) in [5.74, 6) is -1.00. The van der Waals surface area contributed by atoms with E-state index in [0.29, 0.717) is 35.6 Å². The molecular formula is C26H32F5N3O. The van der Waals surface area contributed by atoms with Gasteiger partial charge in [-0.2, -0.15) is 13.2 Å². The van der Waals surface area contributed by atoms with Gasteiger partial charge in [-0.3, -0.25) is 4.79 Å². The number of benzene rings is 2. The number of halogens is 5. The van der Waals surface area contributed by atoms with E-state index in [-0.39, 0.29) is 6.42 Å². The van der Waals surface area contributed by atoms with Gasteiger partial charge in [-0.15, -0.1) is 0 Å². The predicted molar refractivity (Wildman–Crippen MR) is 129 cm³/mol. The van der Waals surface area contributed by atoms with Crippen LogP contribution >= 0.6 is 0 Å². The molecule has 0 spiro atoms. The number of amides is 1. The quantitative estimate of drug-likeness (QED) is 0.257. The Bertz CT molecular complexity index is 958. The Morgan fingerprint density at radius 2 is 1.71 bits per heavy atom. The number of nitrogens with one attached hydrogen (secondary N) is 2. The molecule has 0 bridgehead atoms. The summed E-state index contributed by atoms with van der Waals surface area (Å²) in [6, 6.07) is 10.1. The van der Waals surface area contributed by atoms with Crippen LogP contribution in [0, 0.1) is 0 Å². The number of hydrogen-bond donors (Lipinski definition) is 2. The molecule has 2 N–H and O–H groups in total. The zero-order chi connectivity index (χ0) is 25.4. The first kappa shape index (κ1) is 26.8.